The van der Waals surface area contributed by atoms with Crippen molar-refractivity contribution in [3.8, 4) is 0 Å². The molecule has 4 rings (SSSR count). The number of rotatable bonds is 5. The number of benzene rings is 2. The molecule has 0 aliphatic rings. The largest absolute Gasteiger partial charge is 0.332 e. The lowest BCUT2D eigenvalue weighted by Crippen LogP contribution is -2.41. The second-order valence-electron chi connectivity index (χ2n) is 7.74. The number of amides is 1. The van der Waals surface area contributed by atoms with Crippen LogP contribution in [0.4, 0.5) is 5.69 Å². The van der Waals surface area contributed by atoms with Crippen LogP contribution in [0.5, 0.6) is 0 Å². The smallest absolute Gasteiger partial charge is 0.323 e. The molecule has 4 aromatic rings. The summed E-state index contributed by atoms with van der Waals surface area (Å²) >= 11 is 7.58. The molecule has 0 fully saturated rings. The summed E-state index contributed by atoms with van der Waals surface area (Å²) in [6.45, 7) is 5.58. The van der Waals surface area contributed by atoms with Crippen LogP contribution in [-0.2, 0) is 17.9 Å². The number of anilines is 1. The van der Waals surface area contributed by atoms with Gasteiger partial charge in [0.15, 0.2) is 0 Å². The number of aryl methyl sites for hydroxylation is 3. The Morgan fingerprint density at radius 3 is 2.44 bits per heavy atom. The molecule has 0 unspecified atom stereocenters. The molecular weight excluding hydrogens is 446 g/mol. The number of hydrogen-bond donors (Lipinski definition) is 1. The number of halogens is 1. The topological polar surface area (TPSA) is 73.1 Å². The highest BCUT2D eigenvalue weighted by atomic mass is 35.5. The molecule has 2 heterocycles. The molecule has 0 aliphatic carbocycles. The summed E-state index contributed by atoms with van der Waals surface area (Å²) in [6, 6.07) is 14.6. The third-order valence-corrected chi connectivity index (χ3v) is 6.96. The van der Waals surface area contributed by atoms with Crippen LogP contribution in [0, 0.1) is 20.8 Å². The van der Waals surface area contributed by atoms with Gasteiger partial charge in [-0.1, -0.05) is 48.0 Å². The van der Waals surface area contributed by atoms with E-state index < -0.39 is 11.6 Å². The Morgan fingerprint density at radius 2 is 1.75 bits per heavy atom. The van der Waals surface area contributed by atoms with Crippen molar-refractivity contribution in [1.82, 2.24) is 9.13 Å². The van der Waals surface area contributed by atoms with Gasteiger partial charge in [-0.3, -0.25) is 18.7 Å². The minimum atomic E-state index is -0.516. The highest BCUT2D eigenvalue weighted by Crippen LogP contribution is 2.27. The minimum absolute atomic E-state index is 0.133. The first-order valence-corrected chi connectivity index (χ1v) is 11.3. The van der Waals surface area contributed by atoms with E-state index in [4.69, 9.17) is 11.6 Å². The van der Waals surface area contributed by atoms with Gasteiger partial charge in [-0.15, -0.1) is 11.3 Å². The van der Waals surface area contributed by atoms with E-state index in [2.05, 4.69) is 5.32 Å². The summed E-state index contributed by atoms with van der Waals surface area (Å²) in [5, 5.41) is 3.67. The first-order chi connectivity index (χ1) is 15.3. The van der Waals surface area contributed by atoms with Crippen LogP contribution in [-0.4, -0.2) is 15.0 Å². The van der Waals surface area contributed by atoms with Gasteiger partial charge in [-0.25, -0.2) is 4.79 Å². The van der Waals surface area contributed by atoms with Gasteiger partial charge in [0.25, 0.3) is 5.56 Å². The third kappa shape index (κ3) is 4.13. The Labute approximate surface area is 193 Å². The van der Waals surface area contributed by atoms with Crippen molar-refractivity contribution in [1.29, 1.82) is 0 Å². The predicted octanol–water partition coefficient (Wildman–Crippen LogP) is 4.49. The van der Waals surface area contributed by atoms with Gasteiger partial charge in [-0.2, -0.15) is 0 Å². The Kier molecular flexibility index (Phi) is 6.04. The van der Waals surface area contributed by atoms with E-state index >= 15 is 0 Å². The van der Waals surface area contributed by atoms with Crippen LogP contribution in [0.1, 0.15) is 21.6 Å². The summed E-state index contributed by atoms with van der Waals surface area (Å²) in [6.07, 6.45) is 0. The second-order valence-corrected chi connectivity index (χ2v) is 9.35. The number of fused-ring (bicyclic) bond motifs is 1. The first kappa shape index (κ1) is 22.0. The fourth-order valence-electron chi connectivity index (χ4n) is 3.61. The lowest BCUT2D eigenvalue weighted by Gasteiger charge is -2.13. The highest BCUT2D eigenvalue weighted by Gasteiger charge is 2.20. The van der Waals surface area contributed by atoms with Crippen molar-refractivity contribution < 1.29 is 4.79 Å². The highest BCUT2D eigenvalue weighted by molar-refractivity contribution is 7.18. The normalized spacial score (nSPS) is 11.1. The molecule has 6 nitrogen and oxygen atoms in total. The predicted molar refractivity (Wildman–Crippen MR) is 130 cm³/mol. The quantitative estimate of drug-likeness (QED) is 0.470. The molecule has 0 bridgehead atoms. The van der Waals surface area contributed by atoms with E-state index in [1.165, 1.54) is 20.5 Å². The Hall–Kier alpha value is -3.16. The maximum Gasteiger partial charge on any atom is 0.332 e. The van der Waals surface area contributed by atoms with E-state index in [9.17, 15) is 14.4 Å². The molecule has 0 saturated heterocycles. The van der Waals surface area contributed by atoms with Crippen molar-refractivity contribution in [2.45, 2.75) is 33.9 Å². The molecule has 8 heteroatoms. The minimum Gasteiger partial charge on any atom is -0.323 e. The molecule has 1 amide bonds. The molecular formula is C24H22ClN3O3S. The van der Waals surface area contributed by atoms with Crippen molar-refractivity contribution in [3.63, 3.8) is 0 Å². The number of aromatic nitrogens is 2. The zero-order valence-electron chi connectivity index (χ0n) is 17.9. The molecule has 0 saturated carbocycles. The summed E-state index contributed by atoms with van der Waals surface area (Å²) in [5.41, 5.74) is 2.25. The van der Waals surface area contributed by atoms with E-state index in [0.29, 0.717) is 20.9 Å². The lowest BCUT2D eigenvalue weighted by molar-refractivity contribution is -0.116. The Morgan fingerprint density at radius 1 is 1.03 bits per heavy atom. The number of carbonyl (C=O) groups excluding carboxylic acids is 1. The molecule has 32 heavy (non-hydrogen) atoms. The number of nitrogens with zero attached hydrogens (tertiary/aromatic N) is 2. The molecule has 0 atom stereocenters. The van der Waals surface area contributed by atoms with Gasteiger partial charge in [0.05, 0.1) is 22.6 Å². The van der Waals surface area contributed by atoms with Crippen molar-refractivity contribution in [3.05, 3.63) is 96.0 Å². The molecule has 0 radical (unpaired) electrons. The van der Waals surface area contributed by atoms with E-state index in [1.807, 2.05) is 57.2 Å². The van der Waals surface area contributed by atoms with E-state index in [0.717, 1.165) is 21.6 Å². The zero-order valence-corrected chi connectivity index (χ0v) is 19.5. The number of nitrogens with one attached hydrogen (secondary N) is 1. The van der Waals surface area contributed by atoms with Crippen LogP contribution in [0.2, 0.25) is 5.02 Å². The third-order valence-electron chi connectivity index (χ3n) is 5.42. The molecule has 0 spiro atoms. The summed E-state index contributed by atoms with van der Waals surface area (Å²) in [5.74, 6) is -0.396. The standard InChI is InChI=1S/C24H22ClN3O3S/c1-14-9-10-19(18(25)11-14)26-20(29)13-28-23-21(15(2)16(3)32-23)22(30)27(24(28)31)12-17-7-5-4-6-8-17/h4-11H,12-13H2,1-3H3,(H,26,29). The van der Waals surface area contributed by atoms with Gasteiger partial charge in [-0.05, 0) is 49.6 Å². The van der Waals surface area contributed by atoms with Crippen LogP contribution in [0.3, 0.4) is 0 Å². The SMILES string of the molecule is Cc1ccc(NC(=O)Cn2c(=O)n(Cc3ccccc3)c(=O)c3c(C)c(C)sc32)c(Cl)c1. The monoisotopic (exact) mass is 467 g/mol. The van der Waals surface area contributed by atoms with Gasteiger partial charge in [0.2, 0.25) is 5.91 Å². The summed E-state index contributed by atoms with van der Waals surface area (Å²) < 4.78 is 2.57. The molecule has 2 aromatic heterocycles. The van der Waals surface area contributed by atoms with Crippen LogP contribution >= 0.6 is 22.9 Å². The lowest BCUT2D eigenvalue weighted by atomic mass is 10.2. The van der Waals surface area contributed by atoms with Gasteiger partial charge in [0.1, 0.15) is 11.4 Å². The molecule has 1 N–H and O–H groups in total. The summed E-state index contributed by atoms with van der Waals surface area (Å²) in [4.78, 5) is 40.9. The Bertz CT molecular complexity index is 1450. The average molecular weight is 468 g/mol. The number of thiophene rings is 1. The fraction of sp³-hybridized carbons (Fsp3) is 0.208. The van der Waals surface area contributed by atoms with Gasteiger partial charge >= 0.3 is 5.69 Å². The van der Waals surface area contributed by atoms with Gasteiger partial charge < -0.3 is 5.32 Å². The summed E-state index contributed by atoms with van der Waals surface area (Å²) in [7, 11) is 0. The van der Waals surface area contributed by atoms with Crippen molar-refractivity contribution in [2.75, 3.05) is 5.32 Å². The van der Waals surface area contributed by atoms with Crippen molar-refractivity contribution >= 4 is 44.7 Å². The van der Waals surface area contributed by atoms with E-state index in [1.54, 1.807) is 12.1 Å². The van der Waals surface area contributed by atoms with Crippen molar-refractivity contribution in [2.24, 2.45) is 0 Å². The fourth-order valence-corrected chi connectivity index (χ4v) is 5.03. The molecule has 0 aliphatic heterocycles. The van der Waals surface area contributed by atoms with Crippen LogP contribution in [0.15, 0.2) is 58.1 Å². The number of carbonyl (C=O) groups is 1. The maximum absolute atomic E-state index is 13.4. The molecule has 164 valence electrons. The number of hydrogen-bond acceptors (Lipinski definition) is 4. The second kappa shape index (κ2) is 8.76. The van der Waals surface area contributed by atoms with E-state index in [-0.39, 0.29) is 18.6 Å². The molecule has 2 aromatic carbocycles. The average Bonchev–Trinajstić information content (AvgIpc) is 3.06. The Balaban J connectivity index is 1.79. The van der Waals surface area contributed by atoms with Crippen LogP contribution < -0.4 is 16.6 Å². The zero-order chi connectivity index (χ0) is 23.0. The van der Waals surface area contributed by atoms with Gasteiger partial charge in [0, 0.05) is 4.88 Å². The maximum atomic E-state index is 13.4. The van der Waals surface area contributed by atoms with Crippen LogP contribution in [0.25, 0.3) is 10.2 Å². The first-order valence-electron chi connectivity index (χ1n) is 10.1.